The van der Waals surface area contributed by atoms with E-state index < -0.39 is 17.9 Å². The molecule has 0 bridgehead atoms. The van der Waals surface area contributed by atoms with Gasteiger partial charge in [0, 0.05) is 4.88 Å². The van der Waals surface area contributed by atoms with Crippen molar-refractivity contribution in [2.45, 2.75) is 38.6 Å². The Hall–Kier alpha value is -2.22. The average Bonchev–Trinajstić information content (AvgIpc) is 2.84. The van der Waals surface area contributed by atoms with Gasteiger partial charge in [0.1, 0.15) is 23.0 Å². The van der Waals surface area contributed by atoms with Crippen molar-refractivity contribution in [1.82, 2.24) is 9.97 Å². The highest BCUT2D eigenvalue weighted by atomic mass is 32.1. The van der Waals surface area contributed by atoms with Gasteiger partial charge in [-0.2, -0.15) is 0 Å². The molecule has 1 amide bonds. The molecule has 2 aromatic heterocycles. The topological polar surface area (TPSA) is 118 Å². The predicted molar refractivity (Wildman–Crippen MR) is 87.5 cm³/mol. The van der Waals surface area contributed by atoms with Crippen molar-refractivity contribution in [3.63, 3.8) is 0 Å². The van der Waals surface area contributed by atoms with Gasteiger partial charge in [0.2, 0.25) is 5.91 Å². The Bertz CT molecular complexity index is 773. The van der Waals surface area contributed by atoms with E-state index in [1.54, 1.807) is 11.3 Å². The Balaban J connectivity index is 2.00. The highest BCUT2D eigenvalue weighted by molar-refractivity contribution is 7.19. The number of amides is 1. The number of carbonyl (C=O) groups excluding carboxylic acids is 1. The van der Waals surface area contributed by atoms with Gasteiger partial charge in [-0.05, 0) is 30.7 Å². The maximum absolute atomic E-state index is 11.3. The van der Waals surface area contributed by atoms with Crippen molar-refractivity contribution in [2.24, 2.45) is 11.7 Å². The Morgan fingerprint density at radius 1 is 1.52 bits per heavy atom. The highest BCUT2D eigenvalue weighted by Crippen LogP contribution is 2.39. The zero-order chi connectivity index (χ0) is 16.6. The summed E-state index contributed by atoms with van der Waals surface area (Å²) in [5, 5.41) is 13.0. The van der Waals surface area contributed by atoms with E-state index in [4.69, 9.17) is 5.73 Å². The van der Waals surface area contributed by atoms with Gasteiger partial charge < -0.3 is 16.2 Å². The SMILES string of the molecule is CC1CCc2c(sc3ncnc(NC(CC(N)=O)C(=O)O)c23)C1. The second-order valence-electron chi connectivity index (χ2n) is 5.96. The number of fused-ring (bicyclic) bond motifs is 3. The summed E-state index contributed by atoms with van der Waals surface area (Å²) in [6.07, 6.45) is 4.17. The molecule has 3 rings (SSSR count). The van der Waals surface area contributed by atoms with E-state index in [1.165, 1.54) is 16.8 Å². The molecule has 2 unspecified atom stereocenters. The second kappa shape index (κ2) is 6.11. The summed E-state index contributed by atoms with van der Waals surface area (Å²) in [4.78, 5) is 33.1. The molecule has 4 N–H and O–H groups in total. The zero-order valence-electron chi connectivity index (χ0n) is 12.7. The van der Waals surface area contributed by atoms with Crippen molar-refractivity contribution in [3.8, 4) is 0 Å². The number of carbonyl (C=O) groups is 2. The van der Waals surface area contributed by atoms with Crippen LogP contribution in [0.5, 0.6) is 0 Å². The number of aryl methyl sites for hydroxylation is 1. The van der Waals surface area contributed by atoms with Gasteiger partial charge in [0.15, 0.2) is 0 Å². The van der Waals surface area contributed by atoms with Gasteiger partial charge in [0.05, 0.1) is 11.8 Å². The predicted octanol–water partition coefficient (Wildman–Crippen LogP) is 1.56. The normalized spacial score (nSPS) is 18.4. The zero-order valence-corrected chi connectivity index (χ0v) is 13.5. The number of hydrogen-bond acceptors (Lipinski definition) is 6. The smallest absolute Gasteiger partial charge is 0.326 e. The van der Waals surface area contributed by atoms with E-state index in [2.05, 4.69) is 22.2 Å². The molecule has 23 heavy (non-hydrogen) atoms. The molecule has 1 aliphatic rings. The van der Waals surface area contributed by atoms with Crippen LogP contribution in [0, 0.1) is 5.92 Å². The standard InChI is InChI=1S/C15H18N4O3S/c1-7-2-3-8-10(4-7)23-14-12(8)13(17-6-18-14)19-9(15(21)22)5-11(16)20/h6-7,9H,2-5H2,1H3,(H2,16,20)(H,21,22)(H,17,18,19). The third-order valence-electron chi connectivity index (χ3n) is 4.11. The van der Waals surface area contributed by atoms with Crippen LogP contribution in [0.4, 0.5) is 5.82 Å². The van der Waals surface area contributed by atoms with Crippen LogP contribution in [0.1, 0.15) is 30.2 Å². The fourth-order valence-electron chi connectivity index (χ4n) is 2.95. The van der Waals surface area contributed by atoms with Gasteiger partial charge in [-0.1, -0.05) is 6.92 Å². The summed E-state index contributed by atoms with van der Waals surface area (Å²) in [6.45, 7) is 2.23. The van der Waals surface area contributed by atoms with Crippen molar-refractivity contribution in [3.05, 3.63) is 16.8 Å². The van der Waals surface area contributed by atoms with Gasteiger partial charge in [-0.3, -0.25) is 4.79 Å². The first-order valence-corrected chi connectivity index (χ1v) is 8.30. The van der Waals surface area contributed by atoms with Gasteiger partial charge >= 0.3 is 5.97 Å². The lowest BCUT2D eigenvalue weighted by atomic mass is 9.89. The highest BCUT2D eigenvalue weighted by Gasteiger charge is 2.26. The fourth-order valence-corrected chi connectivity index (χ4v) is 4.30. The molecule has 0 spiro atoms. The van der Waals surface area contributed by atoms with E-state index >= 15 is 0 Å². The molecule has 0 fully saturated rings. The van der Waals surface area contributed by atoms with Crippen LogP contribution in [0.2, 0.25) is 0 Å². The molecule has 2 atom stereocenters. The lowest BCUT2D eigenvalue weighted by molar-refractivity contribution is -0.139. The third-order valence-corrected chi connectivity index (χ3v) is 5.27. The minimum absolute atomic E-state index is 0.288. The van der Waals surface area contributed by atoms with E-state index in [9.17, 15) is 14.7 Å². The Morgan fingerprint density at radius 3 is 3.00 bits per heavy atom. The number of rotatable bonds is 5. The molecule has 0 aromatic carbocycles. The molecule has 0 saturated carbocycles. The first-order valence-electron chi connectivity index (χ1n) is 7.48. The molecule has 2 aromatic rings. The molecule has 0 saturated heterocycles. The first-order chi connectivity index (χ1) is 11.0. The van der Waals surface area contributed by atoms with Crippen LogP contribution >= 0.6 is 11.3 Å². The number of hydrogen-bond donors (Lipinski definition) is 3. The number of aromatic nitrogens is 2. The number of nitrogens with one attached hydrogen (secondary N) is 1. The minimum atomic E-state index is -1.13. The number of carboxylic acids is 1. The average molecular weight is 334 g/mol. The number of nitrogens with zero attached hydrogens (tertiary/aromatic N) is 2. The van der Waals surface area contributed by atoms with Crippen LogP contribution < -0.4 is 11.1 Å². The van der Waals surface area contributed by atoms with Crippen molar-refractivity contribution in [2.75, 3.05) is 5.32 Å². The Labute approximate surface area is 136 Å². The molecule has 122 valence electrons. The molecule has 2 heterocycles. The van der Waals surface area contributed by atoms with E-state index in [0.29, 0.717) is 11.7 Å². The fraction of sp³-hybridized carbons (Fsp3) is 0.467. The van der Waals surface area contributed by atoms with Crippen LogP contribution in [-0.2, 0) is 22.4 Å². The van der Waals surface area contributed by atoms with Crippen LogP contribution in [0.25, 0.3) is 10.2 Å². The third kappa shape index (κ3) is 3.12. The maximum atomic E-state index is 11.3. The molecule has 0 aliphatic heterocycles. The summed E-state index contributed by atoms with van der Waals surface area (Å²) in [5.74, 6) is -0.693. The van der Waals surface area contributed by atoms with Crippen LogP contribution in [-0.4, -0.2) is 33.0 Å². The van der Waals surface area contributed by atoms with E-state index in [0.717, 1.165) is 29.5 Å². The number of anilines is 1. The van der Waals surface area contributed by atoms with Gasteiger partial charge in [0.25, 0.3) is 0 Å². The van der Waals surface area contributed by atoms with E-state index in [-0.39, 0.29) is 6.42 Å². The van der Waals surface area contributed by atoms with Gasteiger partial charge in [-0.25, -0.2) is 14.8 Å². The quantitative estimate of drug-likeness (QED) is 0.763. The lowest BCUT2D eigenvalue weighted by Gasteiger charge is -2.19. The lowest BCUT2D eigenvalue weighted by Crippen LogP contribution is -2.34. The number of nitrogens with two attached hydrogens (primary N) is 1. The molecule has 8 heteroatoms. The van der Waals surface area contributed by atoms with E-state index in [1.807, 2.05) is 0 Å². The van der Waals surface area contributed by atoms with Gasteiger partial charge in [-0.15, -0.1) is 11.3 Å². The summed E-state index contributed by atoms with van der Waals surface area (Å²) in [6, 6.07) is -1.09. The van der Waals surface area contributed by atoms with Crippen LogP contribution in [0.15, 0.2) is 6.33 Å². The van der Waals surface area contributed by atoms with Crippen LogP contribution in [0.3, 0.4) is 0 Å². The second-order valence-corrected chi connectivity index (χ2v) is 7.04. The number of carboxylic acid groups (broad SMARTS) is 1. The van der Waals surface area contributed by atoms with Crippen molar-refractivity contribution >= 4 is 39.2 Å². The molecule has 1 aliphatic carbocycles. The summed E-state index contributed by atoms with van der Waals surface area (Å²) in [5.41, 5.74) is 6.33. The molecular weight excluding hydrogens is 316 g/mol. The summed E-state index contributed by atoms with van der Waals surface area (Å²) < 4.78 is 0. The largest absolute Gasteiger partial charge is 0.480 e. The molecule has 0 radical (unpaired) electrons. The number of thiophene rings is 1. The number of primary amides is 1. The Morgan fingerprint density at radius 2 is 2.30 bits per heavy atom. The van der Waals surface area contributed by atoms with Crippen molar-refractivity contribution < 1.29 is 14.7 Å². The maximum Gasteiger partial charge on any atom is 0.326 e. The number of aliphatic carboxylic acids is 1. The monoisotopic (exact) mass is 334 g/mol. The summed E-state index contributed by atoms with van der Waals surface area (Å²) in [7, 11) is 0. The summed E-state index contributed by atoms with van der Waals surface area (Å²) >= 11 is 1.64. The Kier molecular flexibility index (Phi) is 4.16. The van der Waals surface area contributed by atoms with Crippen molar-refractivity contribution in [1.29, 1.82) is 0 Å². The molecule has 7 nitrogen and oxygen atoms in total. The minimum Gasteiger partial charge on any atom is -0.480 e. The first kappa shape index (κ1) is 15.7. The molecular formula is C15H18N4O3S.